The van der Waals surface area contributed by atoms with Gasteiger partial charge in [0.05, 0.1) is 11.2 Å². The van der Waals surface area contributed by atoms with E-state index in [9.17, 15) is 18.0 Å². The molecule has 1 aliphatic heterocycles. The summed E-state index contributed by atoms with van der Waals surface area (Å²) >= 11 is 0. The Labute approximate surface area is 161 Å². The van der Waals surface area contributed by atoms with Crippen LogP contribution in [0.4, 0.5) is 4.79 Å². The first-order chi connectivity index (χ1) is 12.7. The Morgan fingerprint density at radius 3 is 2.56 bits per heavy atom. The van der Waals surface area contributed by atoms with Crippen LogP contribution in [0.3, 0.4) is 0 Å². The molecule has 3 rings (SSSR count). The van der Waals surface area contributed by atoms with Crippen molar-refractivity contribution in [2.45, 2.75) is 69.2 Å². The molecular weight excluding hydrogens is 370 g/mol. The van der Waals surface area contributed by atoms with E-state index < -0.39 is 21.2 Å². The number of amides is 3. The number of rotatable bonds is 8. The molecule has 3 aliphatic rings. The lowest BCUT2D eigenvalue weighted by atomic mass is 9.80. The van der Waals surface area contributed by atoms with Gasteiger partial charge in [-0.05, 0) is 52.4 Å². The van der Waals surface area contributed by atoms with E-state index in [-0.39, 0.29) is 29.9 Å². The lowest BCUT2D eigenvalue weighted by molar-refractivity contribution is -0.140. The van der Waals surface area contributed by atoms with Crippen molar-refractivity contribution in [1.29, 1.82) is 0 Å². The minimum Gasteiger partial charge on any atom is -0.385 e. The van der Waals surface area contributed by atoms with Gasteiger partial charge in [0.1, 0.15) is 0 Å². The maximum absolute atomic E-state index is 12.9. The van der Waals surface area contributed by atoms with Crippen molar-refractivity contribution in [3.63, 3.8) is 0 Å². The summed E-state index contributed by atoms with van der Waals surface area (Å²) in [4.78, 5) is 28.7. The van der Waals surface area contributed by atoms with Crippen LogP contribution in [0.1, 0.15) is 52.4 Å². The van der Waals surface area contributed by atoms with Crippen molar-refractivity contribution < 1.29 is 22.7 Å². The third kappa shape index (κ3) is 4.14. The summed E-state index contributed by atoms with van der Waals surface area (Å²) in [6, 6.07) is -0.475. The molecular formula is C18H31N3O5S. The lowest BCUT2D eigenvalue weighted by Gasteiger charge is -2.48. The van der Waals surface area contributed by atoms with E-state index >= 15 is 0 Å². The van der Waals surface area contributed by atoms with E-state index in [4.69, 9.17) is 4.74 Å². The van der Waals surface area contributed by atoms with Crippen LogP contribution in [0, 0.1) is 5.92 Å². The Morgan fingerprint density at radius 1 is 1.26 bits per heavy atom. The fourth-order valence-electron chi connectivity index (χ4n) is 4.28. The van der Waals surface area contributed by atoms with E-state index in [1.165, 1.54) is 4.90 Å². The molecule has 1 heterocycles. The number of hydrogen-bond acceptors (Lipinski definition) is 5. The topological polar surface area (TPSA) is 96.0 Å². The number of sulfonamides is 1. The summed E-state index contributed by atoms with van der Waals surface area (Å²) < 4.78 is 33.5. The molecule has 3 amide bonds. The van der Waals surface area contributed by atoms with E-state index in [0.717, 1.165) is 12.8 Å². The van der Waals surface area contributed by atoms with E-state index in [2.05, 4.69) is 4.72 Å². The first-order valence-corrected chi connectivity index (χ1v) is 11.4. The molecule has 1 saturated heterocycles. The molecule has 0 spiro atoms. The number of nitrogens with zero attached hydrogens (tertiary/aromatic N) is 2. The maximum atomic E-state index is 12.9. The second kappa shape index (κ2) is 7.67. The van der Waals surface area contributed by atoms with Crippen molar-refractivity contribution in [2.24, 2.45) is 5.92 Å². The van der Waals surface area contributed by atoms with E-state index in [1.807, 2.05) is 6.92 Å². The van der Waals surface area contributed by atoms with E-state index in [1.54, 1.807) is 18.9 Å². The summed E-state index contributed by atoms with van der Waals surface area (Å²) in [7, 11) is -1.86. The highest BCUT2D eigenvalue weighted by atomic mass is 32.2. The number of ether oxygens (including phenoxy) is 1. The predicted molar refractivity (Wildman–Crippen MR) is 101 cm³/mol. The third-order valence-electron chi connectivity index (χ3n) is 6.12. The highest BCUT2D eigenvalue weighted by molar-refractivity contribution is 7.90. The van der Waals surface area contributed by atoms with Gasteiger partial charge in [-0.25, -0.2) is 17.9 Å². The molecule has 154 valence electrons. The Bertz CT molecular complexity index is 691. The number of carbonyl (C=O) groups is 2. The monoisotopic (exact) mass is 401 g/mol. The molecule has 27 heavy (non-hydrogen) atoms. The number of urea groups is 1. The average Bonchev–Trinajstić information content (AvgIpc) is 3.34. The fraction of sp³-hybridized carbons (Fsp3) is 0.889. The van der Waals surface area contributed by atoms with Gasteiger partial charge in [0.25, 0.3) is 0 Å². The van der Waals surface area contributed by atoms with Gasteiger partial charge in [0, 0.05) is 38.4 Å². The second-order valence-corrected chi connectivity index (χ2v) is 10.2. The van der Waals surface area contributed by atoms with Gasteiger partial charge in [0.2, 0.25) is 15.9 Å². The zero-order valence-corrected chi connectivity index (χ0v) is 17.3. The zero-order chi connectivity index (χ0) is 19.8. The third-order valence-corrected chi connectivity index (χ3v) is 8.20. The number of imide groups is 1. The summed E-state index contributed by atoms with van der Waals surface area (Å²) in [6.07, 6.45) is 3.69. The molecule has 2 saturated carbocycles. The zero-order valence-electron chi connectivity index (χ0n) is 16.4. The number of carbonyl (C=O) groups excluding carboxylic acids is 2. The highest BCUT2D eigenvalue weighted by Crippen LogP contribution is 2.40. The molecule has 3 fully saturated rings. The maximum Gasteiger partial charge on any atom is 0.326 e. The van der Waals surface area contributed by atoms with E-state index in [0.29, 0.717) is 39.0 Å². The second-order valence-electron chi connectivity index (χ2n) is 8.22. The summed E-state index contributed by atoms with van der Waals surface area (Å²) in [5.41, 5.74) is -0.316. The van der Waals surface area contributed by atoms with Crippen molar-refractivity contribution in [3.8, 4) is 0 Å². The van der Waals surface area contributed by atoms with Gasteiger partial charge < -0.3 is 9.64 Å². The van der Waals surface area contributed by atoms with Gasteiger partial charge >= 0.3 is 6.03 Å². The van der Waals surface area contributed by atoms with Gasteiger partial charge in [-0.15, -0.1) is 0 Å². The van der Waals surface area contributed by atoms with Crippen LogP contribution < -0.4 is 4.72 Å². The van der Waals surface area contributed by atoms with Crippen LogP contribution in [0.2, 0.25) is 0 Å². The van der Waals surface area contributed by atoms with Crippen molar-refractivity contribution in [2.75, 3.05) is 26.8 Å². The van der Waals surface area contributed by atoms with Gasteiger partial charge in [-0.1, -0.05) is 0 Å². The summed E-state index contributed by atoms with van der Waals surface area (Å²) in [5, 5.41) is -0.576. The molecule has 0 aromatic heterocycles. The number of hydrogen-bond donors (Lipinski definition) is 1. The quantitative estimate of drug-likeness (QED) is 0.619. The molecule has 1 N–H and O–H groups in total. The van der Waals surface area contributed by atoms with Crippen molar-refractivity contribution in [1.82, 2.24) is 14.5 Å². The van der Waals surface area contributed by atoms with Crippen LogP contribution in [0.5, 0.6) is 0 Å². The Balaban J connectivity index is 1.76. The molecule has 0 radical (unpaired) electrons. The Kier molecular flexibility index (Phi) is 5.84. The number of methoxy groups -OCH3 is 1. The standard InChI is InChI=1S/C18H31N3O5S/c1-4-20-16(22)14-12-13(27(24,25)19-18(2)8-9-18)6-7-15(14)21(17(20)23)10-5-11-26-3/h13-15,19H,4-12H2,1-3H3. The van der Waals surface area contributed by atoms with Gasteiger partial charge in [-0.3, -0.25) is 9.69 Å². The normalized spacial score (nSPS) is 30.4. The predicted octanol–water partition coefficient (Wildman–Crippen LogP) is 1.32. The molecule has 0 aromatic carbocycles. The van der Waals surface area contributed by atoms with Gasteiger partial charge in [0.15, 0.2) is 0 Å². The SMILES string of the molecule is CCN1C(=O)C2CC(S(=O)(=O)NC3(C)CC3)CCC2N(CCCOC)C1=O. The first-order valence-electron chi connectivity index (χ1n) is 9.86. The van der Waals surface area contributed by atoms with Crippen LogP contribution in [0.15, 0.2) is 0 Å². The average molecular weight is 402 g/mol. The largest absolute Gasteiger partial charge is 0.385 e. The van der Waals surface area contributed by atoms with Crippen LogP contribution >= 0.6 is 0 Å². The fourth-order valence-corrected chi connectivity index (χ4v) is 6.24. The molecule has 3 unspecified atom stereocenters. The molecule has 0 aromatic rings. The molecule has 0 bridgehead atoms. The van der Waals surface area contributed by atoms with Crippen LogP contribution in [-0.4, -0.2) is 73.8 Å². The summed E-state index contributed by atoms with van der Waals surface area (Å²) in [6.45, 7) is 5.05. The lowest BCUT2D eigenvalue weighted by Crippen LogP contribution is -2.64. The van der Waals surface area contributed by atoms with Crippen molar-refractivity contribution >= 4 is 22.0 Å². The summed E-state index contributed by atoms with van der Waals surface area (Å²) in [5.74, 6) is -0.680. The highest BCUT2D eigenvalue weighted by Gasteiger charge is 2.51. The molecule has 2 aliphatic carbocycles. The molecule has 3 atom stereocenters. The minimum atomic E-state index is -3.47. The number of fused-ring (bicyclic) bond motifs is 1. The van der Waals surface area contributed by atoms with Crippen LogP contribution in [-0.2, 0) is 19.6 Å². The number of nitrogens with one attached hydrogen (secondary N) is 1. The first kappa shape index (κ1) is 20.5. The van der Waals surface area contributed by atoms with Crippen LogP contribution in [0.25, 0.3) is 0 Å². The minimum absolute atomic E-state index is 0.215. The Hall–Kier alpha value is -1.19. The van der Waals surface area contributed by atoms with Crippen molar-refractivity contribution in [3.05, 3.63) is 0 Å². The molecule has 8 nitrogen and oxygen atoms in total. The Morgan fingerprint density at radius 2 is 1.96 bits per heavy atom. The smallest absolute Gasteiger partial charge is 0.326 e. The van der Waals surface area contributed by atoms with Gasteiger partial charge in [-0.2, -0.15) is 0 Å². The molecule has 9 heteroatoms.